The molecule has 0 aliphatic heterocycles. The first-order valence-corrected chi connectivity index (χ1v) is 5.88. The summed E-state index contributed by atoms with van der Waals surface area (Å²) in [4.78, 5) is 0. The third-order valence-corrected chi connectivity index (χ3v) is 2.87. The van der Waals surface area contributed by atoms with E-state index in [1.165, 1.54) is 0 Å². The maximum Gasteiger partial charge on any atom is 0.119 e. The average Bonchev–Trinajstić information content (AvgIpc) is 2.40. The molecule has 2 heteroatoms. The van der Waals surface area contributed by atoms with Gasteiger partial charge < -0.3 is 10.5 Å². The summed E-state index contributed by atoms with van der Waals surface area (Å²) in [5.41, 5.74) is 10.1. The molecule has 18 heavy (non-hydrogen) atoms. The van der Waals surface area contributed by atoms with Crippen LogP contribution in [0.3, 0.4) is 0 Å². The third-order valence-electron chi connectivity index (χ3n) is 2.87. The lowest BCUT2D eigenvalue weighted by Gasteiger charge is -2.08. The molecule has 92 valence electrons. The van der Waals surface area contributed by atoms with Crippen molar-refractivity contribution in [1.29, 1.82) is 0 Å². The van der Waals surface area contributed by atoms with Crippen LogP contribution in [0.15, 0.2) is 48.5 Å². The highest BCUT2D eigenvalue weighted by Crippen LogP contribution is 2.27. The first kappa shape index (κ1) is 12.2. The molecule has 0 aliphatic carbocycles. The molecule has 0 heterocycles. The normalized spacial score (nSPS) is 11.3. The minimum atomic E-state index is 0.764. The minimum absolute atomic E-state index is 0.764. The summed E-state index contributed by atoms with van der Waals surface area (Å²) in [6.45, 7) is 2.05. The number of nitrogen functional groups attached to an aromatic ring is 1. The van der Waals surface area contributed by atoms with Crippen LogP contribution < -0.4 is 10.5 Å². The number of hydrogen-bond acceptors (Lipinski definition) is 2. The number of hydrogen-bond donors (Lipinski definition) is 1. The molecule has 0 radical (unpaired) electrons. The van der Waals surface area contributed by atoms with E-state index in [4.69, 9.17) is 10.5 Å². The maximum absolute atomic E-state index is 6.00. The summed E-state index contributed by atoms with van der Waals surface area (Å²) < 4.78 is 5.23. The van der Waals surface area contributed by atoms with Crippen LogP contribution in [0.2, 0.25) is 0 Å². The van der Waals surface area contributed by atoms with Crippen molar-refractivity contribution in [1.82, 2.24) is 0 Å². The van der Waals surface area contributed by atoms with Crippen molar-refractivity contribution in [3.05, 3.63) is 59.7 Å². The number of benzene rings is 2. The van der Waals surface area contributed by atoms with Crippen molar-refractivity contribution in [2.45, 2.75) is 6.92 Å². The van der Waals surface area contributed by atoms with Crippen LogP contribution in [0, 0.1) is 0 Å². The third kappa shape index (κ3) is 2.72. The number of allylic oxidation sites excluding steroid dienone is 1. The van der Waals surface area contributed by atoms with E-state index >= 15 is 0 Å². The molecule has 0 atom stereocenters. The number of anilines is 1. The first-order chi connectivity index (χ1) is 8.70. The molecule has 0 fully saturated rings. The smallest absolute Gasteiger partial charge is 0.119 e. The Bertz CT molecular complexity index is 559. The second kappa shape index (κ2) is 5.41. The Morgan fingerprint density at radius 3 is 2.50 bits per heavy atom. The molecule has 0 aliphatic rings. The second-order valence-electron chi connectivity index (χ2n) is 4.19. The van der Waals surface area contributed by atoms with Crippen LogP contribution in [0.5, 0.6) is 5.75 Å². The summed E-state index contributed by atoms with van der Waals surface area (Å²) in [6, 6.07) is 15.9. The SMILES string of the molecule is COc1ccc(N)c(C(C)=Cc2ccccc2)c1. The molecule has 0 saturated carbocycles. The van der Waals surface area contributed by atoms with E-state index in [1.807, 2.05) is 36.4 Å². The van der Waals surface area contributed by atoms with Gasteiger partial charge in [0.1, 0.15) is 5.75 Å². The quantitative estimate of drug-likeness (QED) is 0.652. The van der Waals surface area contributed by atoms with Gasteiger partial charge in [-0.3, -0.25) is 0 Å². The van der Waals surface area contributed by atoms with E-state index in [9.17, 15) is 0 Å². The molecule has 2 rings (SSSR count). The predicted molar refractivity (Wildman–Crippen MR) is 77.4 cm³/mol. The number of nitrogens with two attached hydrogens (primary N) is 1. The Balaban J connectivity index is 2.39. The highest BCUT2D eigenvalue weighted by molar-refractivity contribution is 5.85. The number of methoxy groups -OCH3 is 1. The second-order valence-corrected chi connectivity index (χ2v) is 4.19. The molecule has 0 unspecified atom stereocenters. The lowest BCUT2D eigenvalue weighted by atomic mass is 10.0. The Labute approximate surface area is 108 Å². The van der Waals surface area contributed by atoms with Gasteiger partial charge >= 0.3 is 0 Å². The molecule has 0 spiro atoms. The maximum atomic E-state index is 6.00. The Hall–Kier alpha value is -2.22. The van der Waals surface area contributed by atoms with Gasteiger partial charge in [0.25, 0.3) is 0 Å². The summed E-state index contributed by atoms with van der Waals surface area (Å²) in [6.07, 6.45) is 2.12. The Kier molecular flexibility index (Phi) is 3.68. The van der Waals surface area contributed by atoms with Crippen molar-refractivity contribution < 1.29 is 4.74 Å². The van der Waals surface area contributed by atoms with E-state index in [-0.39, 0.29) is 0 Å². The van der Waals surface area contributed by atoms with Crippen LogP contribution in [-0.4, -0.2) is 7.11 Å². The molecule has 2 aromatic rings. The first-order valence-electron chi connectivity index (χ1n) is 5.88. The Morgan fingerprint density at radius 1 is 1.11 bits per heavy atom. The fraction of sp³-hybridized carbons (Fsp3) is 0.125. The molecule has 0 saturated heterocycles. The molecule has 2 nitrogen and oxygen atoms in total. The fourth-order valence-electron chi connectivity index (χ4n) is 1.88. The summed E-state index contributed by atoms with van der Waals surface area (Å²) in [5, 5.41) is 0. The van der Waals surface area contributed by atoms with Gasteiger partial charge in [0.2, 0.25) is 0 Å². The zero-order valence-corrected chi connectivity index (χ0v) is 10.7. The van der Waals surface area contributed by atoms with Gasteiger partial charge in [0.05, 0.1) is 7.11 Å². The van der Waals surface area contributed by atoms with Gasteiger partial charge in [0.15, 0.2) is 0 Å². The van der Waals surface area contributed by atoms with Crippen LogP contribution in [0.4, 0.5) is 5.69 Å². The topological polar surface area (TPSA) is 35.2 Å². The lowest BCUT2D eigenvalue weighted by molar-refractivity contribution is 0.415. The number of rotatable bonds is 3. The van der Waals surface area contributed by atoms with Gasteiger partial charge in [0, 0.05) is 11.3 Å². The number of ether oxygens (including phenoxy) is 1. The fourth-order valence-corrected chi connectivity index (χ4v) is 1.88. The molecular formula is C16H17NO. The van der Waals surface area contributed by atoms with E-state index in [0.717, 1.165) is 28.1 Å². The van der Waals surface area contributed by atoms with Gasteiger partial charge in [-0.1, -0.05) is 36.4 Å². The molecule has 0 bridgehead atoms. The van der Waals surface area contributed by atoms with Gasteiger partial charge in [-0.2, -0.15) is 0 Å². The molecule has 0 aromatic heterocycles. The largest absolute Gasteiger partial charge is 0.497 e. The lowest BCUT2D eigenvalue weighted by Crippen LogP contribution is -1.93. The van der Waals surface area contributed by atoms with Crippen LogP contribution in [0.1, 0.15) is 18.1 Å². The summed E-state index contributed by atoms with van der Waals surface area (Å²) in [7, 11) is 1.66. The highest BCUT2D eigenvalue weighted by Gasteiger charge is 2.03. The van der Waals surface area contributed by atoms with Gasteiger partial charge in [-0.05, 0) is 36.3 Å². The van der Waals surface area contributed by atoms with Crippen LogP contribution >= 0.6 is 0 Å². The van der Waals surface area contributed by atoms with Crippen molar-refractivity contribution in [2.24, 2.45) is 0 Å². The van der Waals surface area contributed by atoms with Gasteiger partial charge in [-0.25, -0.2) is 0 Å². The zero-order valence-electron chi connectivity index (χ0n) is 10.7. The average molecular weight is 239 g/mol. The van der Waals surface area contributed by atoms with Crippen molar-refractivity contribution in [3.8, 4) is 5.75 Å². The van der Waals surface area contributed by atoms with Crippen LogP contribution in [0.25, 0.3) is 11.6 Å². The summed E-state index contributed by atoms with van der Waals surface area (Å²) in [5.74, 6) is 0.819. The van der Waals surface area contributed by atoms with Crippen molar-refractivity contribution >= 4 is 17.3 Å². The van der Waals surface area contributed by atoms with E-state index in [1.54, 1.807) is 7.11 Å². The summed E-state index contributed by atoms with van der Waals surface area (Å²) >= 11 is 0. The van der Waals surface area contributed by atoms with Crippen molar-refractivity contribution in [3.63, 3.8) is 0 Å². The van der Waals surface area contributed by atoms with Gasteiger partial charge in [-0.15, -0.1) is 0 Å². The molecule has 0 amide bonds. The molecule has 2 aromatic carbocycles. The Morgan fingerprint density at radius 2 is 1.83 bits per heavy atom. The van der Waals surface area contributed by atoms with E-state index in [2.05, 4.69) is 25.1 Å². The van der Waals surface area contributed by atoms with E-state index in [0.29, 0.717) is 0 Å². The minimum Gasteiger partial charge on any atom is -0.497 e. The predicted octanol–water partition coefficient (Wildman–Crippen LogP) is 3.84. The molecule has 2 N–H and O–H groups in total. The molecular weight excluding hydrogens is 222 g/mol. The monoisotopic (exact) mass is 239 g/mol. The zero-order chi connectivity index (χ0) is 13.0. The highest BCUT2D eigenvalue weighted by atomic mass is 16.5. The standard InChI is InChI=1S/C16H17NO/c1-12(10-13-6-4-3-5-7-13)15-11-14(18-2)8-9-16(15)17/h3-11H,17H2,1-2H3. The van der Waals surface area contributed by atoms with Crippen LogP contribution in [-0.2, 0) is 0 Å². The van der Waals surface area contributed by atoms with E-state index < -0.39 is 0 Å². The van der Waals surface area contributed by atoms with Crippen molar-refractivity contribution in [2.75, 3.05) is 12.8 Å².